The monoisotopic (exact) mass is 440 g/mol. The van der Waals surface area contributed by atoms with E-state index in [-0.39, 0.29) is 23.1 Å². The van der Waals surface area contributed by atoms with Gasteiger partial charge < -0.3 is 4.42 Å². The number of fused-ring (bicyclic) bond motifs is 1. The Morgan fingerprint density at radius 2 is 1.87 bits per heavy atom. The molecule has 0 saturated carbocycles. The molecular formula is C22H20N2O4S2. The van der Waals surface area contributed by atoms with Crippen molar-refractivity contribution in [2.75, 3.05) is 10.7 Å². The Bertz CT molecular complexity index is 1290. The van der Waals surface area contributed by atoms with Crippen LogP contribution in [0.15, 0.2) is 70.2 Å². The summed E-state index contributed by atoms with van der Waals surface area (Å²) in [6, 6.07) is 15.5. The van der Waals surface area contributed by atoms with Crippen molar-refractivity contribution in [3.05, 3.63) is 77.7 Å². The van der Waals surface area contributed by atoms with E-state index in [1.54, 1.807) is 42.4 Å². The lowest BCUT2D eigenvalue weighted by molar-refractivity contribution is 0.0983. The molecular weight excluding hydrogens is 420 g/mol. The molecule has 0 atom stereocenters. The number of amides is 1. The molecule has 0 aliphatic rings. The van der Waals surface area contributed by atoms with Crippen LogP contribution in [0, 0.1) is 6.92 Å². The number of carbonyl (C=O) groups excluding carboxylic acids is 1. The molecule has 0 spiro atoms. The Balaban J connectivity index is 1.73. The highest BCUT2D eigenvalue weighted by atomic mass is 32.2. The van der Waals surface area contributed by atoms with Crippen LogP contribution in [0.5, 0.6) is 0 Å². The van der Waals surface area contributed by atoms with Crippen LogP contribution in [0.4, 0.5) is 5.13 Å². The first-order valence-corrected chi connectivity index (χ1v) is 11.9. The van der Waals surface area contributed by atoms with Gasteiger partial charge in [0.25, 0.3) is 5.91 Å². The predicted octanol–water partition coefficient (Wildman–Crippen LogP) is 4.84. The average molecular weight is 441 g/mol. The average Bonchev–Trinajstić information content (AvgIpc) is 3.42. The first-order chi connectivity index (χ1) is 14.4. The Morgan fingerprint density at radius 1 is 1.10 bits per heavy atom. The minimum Gasteiger partial charge on any atom is -0.467 e. The quantitative estimate of drug-likeness (QED) is 0.429. The van der Waals surface area contributed by atoms with Crippen LogP contribution in [0.2, 0.25) is 0 Å². The zero-order valence-corrected chi connectivity index (χ0v) is 18.2. The minimum atomic E-state index is -3.33. The molecule has 1 amide bonds. The minimum absolute atomic E-state index is 0.00989. The molecule has 4 rings (SSSR count). The molecule has 154 valence electrons. The summed E-state index contributed by atoms with van der Waals surface area (Å²) in [5.74, 6) is 0.365. The van der Waals surface area contributed by atoms with Gasteiger partial charge in [-0.1, -0.05) is 30.4 Å². The summed E-state index contributed by atoms with van der Waals surface area (Å²) in [7, 11) is -3.33. The van der Waals surface area contributed by atoms with Crippen molar-refractivity contribution in [3.8, 4) is 0 Å². The highest BCUT2D eigenvalue weighted by Crippen LogP contribution is 2.32. The van der Waals surface area contributed by atoms with Gasteiger partial charge in [0.1, 0.15) is 5.76 Å². The van der Waals surface area contributed by atoms with Crippen molar-refractivity contribution < 1.29 is 17.6 Å². The SMILES string of the molecule is CCS(=O)(=O)c1ccc(C(=O)N(Cc2ccco2)c2nc3c(C)cccc3s2)cc1. The molecule has 0 aliphatic heterocycles. The molecule has 30 heavy (non-hydrogen) atoms. The Labute approximate surface area is 178 Å². The molecule has 0 unspecified atom stereocenters. The van der Waals surface area contributed by atoms with Gasteiger partial charge in [0.05, 0.1) is 33.7 Å². The van der Waals surface area contributed by atoms with Crippen LogP contribution < -0.4 is 4.90 Å². The summed E-state index contributed by atoms with van der Waals surface area (Å²) in [6.45, 7) is 3.80. The number of hydrogen-bond acceptors (Lipinski definition) is 6. The normalized spacial score (nSPS) is 11.7. The number of nitrogens with zero attached hydrogens (tertiary/aromatic N) is 2. The van der Waals surface area contributed by atoms with E-state index in [9.17, 15) is 13.2 Å². The van der Waals surface area contributed by atoms with Crippen molar-refractivity contribution in [3.63, 3.8) is 0 Å². The van der Waals surface area contributed by atoms with Gasteiger partial charge in [-0.2, -0.15) is 0 Å². The summed E-state index contributed by atoms with van der Waals surface area (Å²) >= 11 is 1.43. The molecule has 6 nitrogen and oxygen atoms in total. The zero-order chi connectivity index (χ0) is 21.3. The Kier molecular flexibility index (Phi) is 5.44. The molecule has 0 aliphatic carbocycles. The molecule has 0 saturated heterocycles. The standard InChI is InChI=1S/C22H20N2O4S2/c1-3-30(26,27)18-11-9-16(10-12-18)21(25)24(14-17-7-5-13-28-17)22-23-20-15(2)6-4-8-19(20)29-22/h4-13H,3,14H2,1-2H3. The van der Waals surface area contributed by atoms with Crippen LogP contribution in [0.3, 0.4) is 0 Å². The fourth-order valence-electron chi connectivity index (χ4n) is 3.10. The topological polar surface area (TPSA) is 80.5 Å². The maximum Gasteiger partial charge on any atom is 0.260 e. The first-order valence-electron chi connectivity index (χ1n) is 9.42. The number of anilines is 1. The van der Waals surface area contributed by atoms with Gasteiger partial charge in [-0.05, 0) is 55.0 Å². The lowest BCUT2D eigenvalue weighted by Gasteiger charge is -2.19. The summed E-state index contributed by atoms with van der Waals surface area (Å²) in [5, 5.41) is 0.561. The number of benzene rings is 2. The lowest BCUT2D eigenvalue weighted by atomic mass is 10.2. The van der Waals surface area contributed by atoms with E-state index in [4.69, 9.17) is 9.40 Å². The predicted molar refractivity (Wildman–Crippen MR) is 118 cm³/mol. The third kappa shape index (κ3) is 3.88. The van der Waals surface area contributed by atoms with Gasteiger partial charge in [0.2, 0.25) is 0 Å². The van der Waals surface area contributed by atoms with Crippen molar-refractivity contribution in [1.29, 1.82) is 0 Å². The van der Waals surface area contributed by atoms with E-state index in [1.165, 1.54) is 23.5 Å². The number of carbonyl (C=O) groups is 1. The number of furan rings is 1. The number of aromatic nitrogens is 1. The van der Waals surface area contributed by atoms with Crippen molar-refractivity contribution in [2.24, 2.45) is 0 Å². The highest BCUT2D eigenvalue weighted by molar-refractivity contribution is 7.91. The smallest absolute Gasteiger partial charge is 0.260 e. The molecule has 0 radical (unpaired) electrons. The van der Waals surface area contributed by atoms with Crippen LogP contribution in [0.1, 0.15) is 28.6 Å². The number of sulfone groups is 1. The second kappa shape index (κ2) is 8.04. The summed E-state index contributed by atoms with van der Waals surface area (Å²) in [4.78, 5) is 19.8. The molecule has 0 fully saturated rings. The van der Waals surface area contributed by atoms with E-state index in [2.05, 4.69) is 0 Å². The second-order valence-electron chi connectivity index (χ2n) is 6.82. The van der Waals surface area contributed by atoms with Gasteiger partial charge in [0, 0.05) is 5.56 Å². The summed E-state index contributed by atoms with van der Waals surface area (Å²) < 4.78 is 30.6. The fourth-order valence-corrected chi connectivity index (χ4v) is 5.03. The number of para-hydroxylation sites is 1. The van der Waals surface area contributed by atoms with E-state index in [0.717, 1.165) is 15.8 Å². The summed E-state index contributed by atoms with van der Waals surface area (Å²) in [5.41, 5.74) is 2.28. The van der Waals surface area contributed by atoms with Gasteiger partial charge in [0.15, 0.2) is 15.0 Å². The van der Waals surface area contributed by atoms with Crippen LogP contribution in [-0.4, -0.2) is 25.1 Å². The maximum atomic E-state index is 13.4. The first kappa shape index (κ1) is 20.3. The Morgan fingerprint density at radius 3 is 2.50 bits per heavy atom. The number of thiazole rings is 1. The molecule has 8 heteroatoms. The lowest BCUT2D eigenvalue weighted by Crippen LogP contribution is -2.30. The van der Waals surface area contributed by atoms with Gasteiger partial charge >= 0.3 is 0 Å². The highest BCUT2D eigenvalue weighted by Gasteiger charge is 2.23. The van der Waals surface area contributed by atoms with Gasteiger partial charge in [-0.3, -0.25) is 9.69 Å². The maximum absolute atomic E-state index is 13.4. The molecule has 2 heterocycles. The third-order valence-electron chi connectivity index (χ3n) is 4.82. The van der Waals surface area contributed by atoms with Crippen LogP contribution in [0.25, 0.3) is 10.2 Å². The largest absolute Gasteiger partial charge is 0.467 e. The van der Waals surface area contributed by atoms with Crippen LogP contribution >= 0.6 is 11.3 Å². The summed E-state index contributed by atoms with van der Waals surface area (Å²) in [6.07, 6.45) is 1.56. The zero-order valence-electron chi connectivity index (χ0n) is 16.5. The van der Waals surface area contributed by atoms with Gasteiger partial charge in [-0.25, -0.2) is 13.4 Å². The number of aryl methyl sites for hydroxylation is 1. The number of rotatable bonds is 6. The van der Waals surface area contributed by atoms with E-state index < -0.39 is 9.84 Å². The molecule has 0 bridgehead atoms. The van der Waals surface area contributed by atoms with Crippen LogP contribution in [-0.2, 0) is 16.4 Å². The molecule has 4 aromatic rings. The molecule has 2 aromatic heterocycles. The van der Waals surface area contributed by atoms with Crippen molar-refractivity contribution in [1.82, 2.24) is 4.98 Å². The fraction of sp³-hybridized carbons (Fsp3) is 0.182. The third-order valence-corrected chi connectivity index (χ3v) is 7.61. The van der Waals surface area contributed by atoms with Crippen molar-refractivity contribution in [2.45, 2.75) is 25.3 Å². The second-order valence-corrected chi connectivity index (χ2v) is 10.1. The Hall–Kier alpha value is -2.97. The molecule has 0 N–H and O–H groups in total. The van der Waals surface area contributed by atoms with E-state index >= 15 is 0 Å². The molecule has 2 aromatic carbocycles. The van der Waals surface area contributed by atoms with E-state index in [0.29, 0.717) is 16.5 Å². The van der Waals surface area contributed by atoms with Gasteiger partial charge in [-0.15, -0.1) is 0 Å². The van der Waals surface area contributed by atoms with Crippen molar-refractivity contribution >= 4 is 42.4 Å². The number of hydrogen-bond donors (Lipinski definition) is 0. The van der Waals surface area contributed by atoms with E-state index in [1.807, 2.05) is 25.1 Å².